The minimum Gasteiger partial charge on any atom is -0.508 e. The van der Waals surface area contributed by atoms with E-state index in [-0.39, 0.29) is 23.0 Å². The molecule has 0 saturated carbocycles. The molecular weight excluding hydrogens is 232 g/mol. The molecular formula is C13H16N2O3. The molecule has 2 saturated heterocycles. The third-order valence-electron chi connectivity index (χ3n) is 3.89. The van der Waals surface area contributed by atoms with Gasteiger partial charge in [0.2, 0.25) is 0 Å². The van der Waals surface area contributed by atoms with Crippen molar-refractivity contribution in [2.75, 3.05) is 26.2 Å². The first-order valence-corrected chi connectivity index (χ1v) is 6.17. The van der Waals surface area contributed by atoms with Crippen LogP contribution in [0, 0.1) is 11.8 Å². The van der Waals surface area contributed by atoms with Gasteiger partial charge < -0.3 is 20.4 Å². The van der Waals surface area contributed by atoms with Gasteiger partial charge in [0, 0.05) is 26.2 Å². The molecule has 2 atom stereocenters. The van der Waals surface area contributed by atoms with Gasteiger partial charge in [-0.3, -0.25) is 4.79 Å². The number of benzene rings is 1. The monoisotopic (exact) mass is 248 g/mol. The number of fused-ring (bicyclic) bond motifs is 1. The lowest BCUT2D eigenvalue weighted by Crippen LogP contribution is -2.31. The van der Waals surface area contributed by atoms with Gasteiger partial charge in [-0.2, -0.15) is 0 Å². The second kappa shape index (κ2) is 4.17. The maximum Gasteiger partial charge on any atom is 0.257 e. The Kier molecular flexibility index (Phi) is 2.63. The summed E-state index contributed by atoms with van der Waals surface area (Å²) in [5.74, 6) is 0.768. The SMILES string of the molecule is O=C(c1cc(O)ccc1O)N1CC2CNCC2C1. The predicted molar refractivity (Wildman–Crippen MR) is 65.5 cm³/mol. The topological polar surface area (TPSA) is 72.8 Å². The summed E-state index contributed by atoms with van der Waals surface area (Å²) in [6.07, 6.45) is 0. The maximum absolute atomic E-state index is 12.3. The zero-order valence-corrected chi connectivity index (χ0v) is 9.97. The van der Waals surface area contributed by atoms with Gasteiger partial charge in [0.15, 0.2) is 0 Å². The average molecular weight is 248 g/mol. The molecule has 2 aliphatic heterocycles. The summed E-state index contributed by atoms with van der Waals surface area (Å²) in [5, 5.41) is 22.4. The Morgan fingerprint density at radius 2 is 1.89 bits per heavy atom. The van der Waals surface area contributed by atoms with E-state index in [4.69, 9.17) is 0 Å². The van der Waals surface area contributed by atoms with Crippen LogP contribution in [0.15, 0.2) is 18.2 Å². The Balaban J connectivity index is 1.81. The van der Waals surface area contributed by atoms with Gasteiger partial charge in [-0.15, -0.1) is 0 Å². The Labute approximate surface area is 105 Å². The lowest BCUT2D eigenvalue weighted by Gasteiger charge is -2.18. The summed E-state index contributed by atoms with van der Waals surface area (Å²) < 4.78 is 0. The molecule has 1 aromatic carbocycles. The summed E-state index contributed by atoms with van der Waals surface area (Å²) in [4.78, 5) is 14.1. The number of hydrogen-bond donors (Lipinski definition) is 3. The molecule has 1 aromatic rings. The maximum atomic E-state index is 12.3. The predicted octanol–water partition coefficient (Wildman–Crippen LogP) is 0.389. The molecule has 3 N–H and O–H groups in total. The average Bonchev–Trinajstić information content (AvgIpc) is 2.91. The van der Waals surface area contributed by atoms with Gasteiger partial charge in [-0.1, -0.05) is 0 Å². The van der Waals surface area contributed by atoms with Gasteiger partial charge in [0.1, 0.15) is 11.5 Å². The largest absolute Gasteiger partial charge is 0.508 e. The second-order valence-corrected chi connectivity index (χ2v) is 5.09. The van der Waals surface area contributed by atoms with E-state index in [0.717, 1.165) is 26.2 Å². The summed E-state index contributed by atoms with van der Waals surface area (Å²) in [7, 11) is 0. The van der Waals surface area contributed by atoms with Gasteiger partial charge in [0.25, 0.3) is 5.91 Å². The van der Waals surface area contributed by atoms with Crippen LogP contribution in [0.25, 0.3) is 0 Å². The van der Waals surface area contributed by atoms with Crippen LogP contribution in [0.2, 0.25) is 0 Å². The van der Waals surface area contributed by atoms with Crippen LogP contribution in [0.1, 0.15) is 10.4 Å². The minimum atomic E-state index is -0.196. The second-order valence-electron chi connectivity index (χ2n) is 5.09. The molecule has 0 bridgehead atoms. The molecule has 3 rings (SSSR count). The normalized spacial score (nSPS) is 26.3. The van der Waals surface area contributed by atoms with E-state index in [2.05, 4.69) is 5.32 Å². The van der Waals surface area contributed by atoms with Crippen LogP contribution in [-0.4, -0.2) is 47.2 Å². The summed E-state index contributed by atoms with van der Waals surface area (Å²) in [6, 6.07) is 4.04. The Morgan fingerprint density at radius 3 is 2.56 bits per heavy atom. The van der Waals surface area contributed by atoms with Crippen molar-refractivity contribution in [2.24, 2.45) is 11.8 Å². The molecule has 0 radical (unpaired) electrons. The van der Waals surface area contributed by atoms with Crippen molar-refractivity contribution < 1.29 is 15.0 Å². The lowest BCUT2D eigenvalue weighted by molar-refractivity contribution is 0.0778. The first-order valence-electron chi connectivity index (χ1n) is 6.17. The van der Waals surface area contributed by atoms with Crippen LogP contribution < -0.4 is 5.32 Å². The number of nitrogens with zero attached hydrogens (tertiary/aromatic N) is 1. The van der Waals surface area contributed by atoms with Gasteiger partial charge >= 0.3 is 0 Å². The van der Waals surface area contributed by atoms with Crippen molar-refractivity contribution in [3.8, 4) is 11.5 Å². The number of amides is 1. The number of likely N-dealkylation sites (tertiary alicyclic amines) is 1. The standard InChI is InChI=1S/C13H16N2O3/c16-10-1-2-12(17)11(3-10)13(18)15-6-8-4-14-5-9(8)7-15/h1-3,8-9,14,16-17H,4-7H2. The van der Waals surface area contributed by atoms with Crippen LogP contribution in [0.5, 0.6) is 11.5 Å². The van der Waals surface area contributed by atoms with Crippen molar-refractivity contribution in [3.63, 3.8) is 0 Å². The molecule has 0 spiro atoms. The number of carbonyl (C=O) groups is 1. The summed E-state index contributed by atoms with van der Waals surface area (Å²) in [6.45, 7) is 3.37. The number of nitrogens with one attached hydrogen (secondary N) is 1. The molecule has 2 fully saturated rings. The molecule has 2 unspecified atom stereocenters. The minimum absolute atomic E-state index is 0.00259. The smallest absolute Gasteiger partial charge is 0.257 e. The zero-order chi connectivity index (χ0) is 12.7. The van der Waals surface area contributed by atoms with Crippen molar-refractivity contribution in [1.82, 2.24) is 10.2 Å². The van der Waals surface area contributed by atoms with Crippen LogP contribution in [0.3, 0.4) is 0 Å². The van der Waals surface area contributed by atoms with E-state index in [1.54, 1.807) is 4.90 Å². The van der Waals surface area contributed by atoms with Crippen LogP contribution >= 0.6 is 0 Å². The third kappa shape index (κ3) is 1.80. The van der Waals surface area contributed by atoms with E-state index in [9.17, 15) is 15.0 Å². The van der Waals surface area contributed by atoms with Crippen molar-refractivity contribution in [3.05, 3.63) is 23.8 Å². The fourth-order valence-electron chi connectivity index (χ4n) is 2.89. The van der Waals surface area contributed by atoms with E-state index in [1.807, 2.05) is 0 Å². The number of phenolic OH excluding ortho intramolecular Hbond substituents is 2. The molecule has 5 nitrogen and oxygen atoms in total. The van der Waals surface area contributed by atoms with Crippen LogP contribution in [0.4, 0.5) is 0 Å². The van der Waals surface area contributed by atoms with E-state index >= 15 is 0 Å². The Hall–Kier alpha value is -1.75. The Bertz CT molecular complexity index is 477. The van der Waals surface area contributed by atoms with E-state index in [1.165, 1.54) is 18.2 Å². The van der Waals surface area contributed by atoms with E-state index < -0.39 is 0 Å². The quantitative estimate of drug-likeness (QED) is 0.629. The first kappa shape index (κ1) is 11.3. The Morgan fingerprint density at radius 1 is 1.22 bits per heavy atom. The molecule has 2 heterocycles. The number of hydrogen-bond acceptors (Lipinski definition) is 4. The number of carbonyl (C=O) groups excluding carboxylic acids is 1. The highest BCUT2D eigenvalue weighted by Crippen LogP contribution is 2.30. The highest BCUT2D eigenvalue weighted by Gasteiger charge is 2.38. The fraction of sp³-hybridized carbons (Fsp3) is 0.462. The van der Waals surface area contributed by atoms with Crippen molar-refractivity contribution in [2.45, 2.75) is 0 Å². The first-order chi connectivity index (χ1) is 8.65. The highest BCUT2D eigenvalue weighted by atomic mass is 16.3. The molecule has 0 aromatic heterocycles. The van der Waals surface area contributed by atoms with E-state index in [0.29, 0.717) is 11.8 Å². The van der Waals surface area contributed by atoms with Crippen molar-refractivity contribution in [1.29, 1.82) is 0 Å². The molecule has 1 amide bonds. The fourth-order valence-corrected chi connectivity index (χ4v) is 2.89. The number of rotatable bonds is 1. The number of phenols is 2. The van der Waals surface area contributed by atoms with Gasteiger partial charge in [-0.05, 0) is 30.0 Å². The van der Waals surface area contributed by atoms with Gasteiger partial charge in [-0.25, -0.2) is 0 Å². The summed E-state index contributed by atoms with van der Waals surface area (Å²) in [5.41, 5.74) is 0.183. The number of aromatic hydroxyl groups is 2. The highest BCUT2D eigenvalue weighted by molar-refractivity contribution is 5.97. The molecule has 5 heteroatoms. The molecule has 0 aliphatic carbocycles. The van der Waals surface area contributed by atoms with Crippen molar-refractivity contribution >= 4 is 5.91 Å². The zero-order valence-electron chi connectivity index (χ0n) is 9.97. The van der Waals surface area contributed by atoms with Crippen LogP contribution in [-0.2, 0) is 0 Å². The molecule has 18 heavy (non-hydrogen) atoms. The van der Waals surface area contributed by atoms with Gasteiger partial charge in [0.05, 0.1) is 5.56 Å². The molecule has 2 aliphatic rings. The third-order valence-corrected chi connectivity index (χ3v) is 3.89. The summed E-state index contributed by atoms with van der Waals surface area (Å²) >= 11 is 0. The molecule has 96 valence electrons. The lowest BCUT2D eigenvalue weighted by atomic mass is 10.0.